The van der Waals surface area contributed by atoms with E-state index < -0.39 is 7.14 Å². The maximum absolute atomic E-state index is 14.5. The van der Waals surface area contributed by atoms with Gasteiger partial charge in [0.05, 0.1) is 17.1 Å². The van der Waals surface area contributed by atoms with Crippen LogP contribution in [0.15, 0.2) is 41.5 Å². The molecule has 2 aromatic carbocycles. The number of aryl methyl sites for hydroxylation is 3. The highest BCUT2D eigenvalue weighted by atomic mass is 31.2. The summed E-state index contributed by atoms with van der Waals surface area (Å²) in [4.78, 5) is 16.3. The molecule has 10 heteroatoms. The molecule has 3 heterocycles. The van der Waals surface area contributed by atoms with Crippen molar-refractivity contribution in [2.45, 2.75) is 47.6 Å². The lowest BCUT2D eigenvalue weighted by Crippen LogP contribution is -2.29. The molecule has 2 aromatic heterocycles. The number of nitrogens with zero attached hydrogens (tertiary/aromatic N) is 5. The third kappa shape index (κ3) is 4.55. The van der Waals surface area contributed by atoms with Crippen LogP contribution >= 0.6 is 7.14 Å². The summed E-state index contributed by atoms with van der Waals surface area (Å²) >= 11 is 0. The van der Waals surface area contributed by atoms with Crippen LogP contribution in [0, 0.1) is 26.6 Å². The van der Waals surface area contributed by atoms with Gasteiger partial charge in [0.25, 0.3) is 0 Å². The molecule has 4 aromatic rings. The Balaban J connectivity index is 1.70. The zero-order chi connectivity index (χ0) is 28.9. The molecule has 1 aliphatic rings. The summed E-state index contributed by atoms with van der Waals surface area (Å²) < 4.78 is 33.2. The van der Waals surface area contributed by atoms with Crippen molar-refractivity contribution in [3.05, 3.63) is 80.9 Å². The summed E-state index contributed by atoms with van der Waals surface area (Å²) in [6.45, 7) is 10.9. The van der Waals surface area contributed by atoms with Crippen molar-refractivity contribution < 1.29 is 8.96 Å². The van der Waals surface area contributed by atoms with Crippen LogP contribution in [0.1, 0.15) is 41.8 Å². The van der Waals surface area contributed by atoms with Gasteiger partial charge in [0.15, 0.2) is 0 Å². The molecule has 0 saturated carbocycles. The van der Waals surface area contributed by atoms with Crippen molar-refractivity contribution in [1.82, 2.24) is 23.8 Å². The summed E-state index contributed by atoms with van der Waals surface area (Å²) in [7, 11) is 1.32. The zero-order valence-corrected chi connectivity index (χ0v) is 25.3. The maximum Gasteiger partial charge on any atom is 0.338 e. The predicted molar refractivity (Wildman–Crippen MR) is 161 cm³/mol. The Labute approximate surface area is 234 Å². The Morgan fingerprint density at radius 2 is 1.60 bits per heavy atom. The van der Waals surface area contributed by atoms with E-state index in [-0.39, 0.29) is 11.5 Å². The molecular weight excluding hydrogens is 526 g/mol. The van der Waals surface area contributed by atoms with Gasteiger partial charge in [0.2, 0.25) is 0 Å². The van der Waals surface area contributed by atoms with Gasteiger partial charge in [0, 0.05) is 67.8 Å². The first-order valence-electron chi connectivity index (χ1n) is 13.8. The molecule has 40 heavy (non-hydrogen) atoms. The number of benzene rings is 2. The molecule has 0 unspecified atom stereocenters. The highest BCUT2D eigenvalue weighted by molar-refractivity contribution is 7.72. The van der Waals surface area contributed by atoms with E-state index in [9.17, 15) is 13.8 Å². The smallest absolute Gasteiger partial charge is 0.338 e. The van der Waals surface area contributed by atoms with E-state index in [1.165, 1.54) is 0 Å². The minimum atomic E-state index is -2.55. The lowest BCUT2D eigenvalue weighted by molar-refractivity contribution is 0.311. The maximum atomic E-state index is 14.5. The monoisotopic (exact) mass is 564 g/mol. The first-order valence-corrected chi connectivity index (χ1v) is 15.9. The van der Waals surface area contributed by atoms with Crippen molar-refractivity contribution in [3.63, 3.8) is 0 Å². The topological polar surface area (TPSA) is 77.1 Å². The van der Waals surface area contributed by atoms with Crippen molar-refractivity contribution in [1.29, 1.82) is 0 Å². The Hall–Kier alpha value is -3.42. The highest BCUT2D eigenvalue weighted by Gasteiger charge is 2.29. The van der Waals surface area contributed by atoms with Gasteiger partial charge >= 0.3 is 5.69 Å². The lowest BCUT2D eigenvalue weighted by atomic mass is 10.1. The van der Waals surface area contributed by atoms with Gasteiger partial charge in [-0.1, -0.05) is 13.8 Å². The van der Waals surface area contributed by atoms with Gasteiger partial charge in [-0.2, -0.15) is 5.10 Å². The van der Waals surface area contributed by atoms with Crippen molar-refractivity contribution >= 4 is 18.1 Å². The fraction of sp³-hybridized carbons (Fsp3) is 0.400. The van der Waals surface area contributed by atoms with Gasteiger partial charge < -0.3 is 14.8 Å². The van der Waals surface area contributed by atoms with E-state index in [0.29, 0.717) is 41.5 Å². The molecule has 8 nitrogen and oxygen atoms in total. The number of hydrogen-bond donors (Lipinski definition) is 1. The molecule has 0 amide bonds. The molecule has 0 spiro atoms. The summed E-state index contributed by atoms with van der Waals surface area (Å²) in [5, 5.41) is 9.00. The molecular formula is C30H38FN6O2P. The average Bonchev–Trinajstić information content (AvgIpc) is 3.49. The first-order chi connectivity index (χ1) is 19.0. The minimum Gasteiger partial charge on any atom is -0.387 e. The van der Waals surface area contributed by atoms with Crippen LogP contribution < -0.4 is 16.3 Å². The van der Waals surface area contributed by atoms with Gasteiger partial charge in [-0.05, 0) is 68.8 Å². The van der Waals surface area contributed by atoms with Crippen LogP contribution in [0.3, 0.4) is 0 Å². The molecule has 1 aliphatic heterocycles. The standard InChI is InChI=1S/C30H38FN6O2P/c1-8-40(39,9-2)28-21(5)16-22(17-26(28)32-6)35-12-13-36(30(35)38)29-24-18-34(7)11-10-25(24)33-37(29)23-14-19(3)27(31)20(4)15-23/h12-17,32H,8-11,18H2,1-7H3. The molecule has 0 aliphatic carbocycles. The number of halogens is 1. The van der Waals surface area contributed by atoms with E-state index in [1.54, 1.807) is 52.2 Å². The number of fused-ring (bicyclic) bond motifs is 1. The quantitative estimate of drug-likeness (QED) is 0.322. The average molecular weight is 565 g/mol. The van der Waals surface area contributed by atoms with E-state index in [4.69, 9.17) is 5.10 Å². The summed E-state index contributed by atoms with van der Waals surface area (Å²) in [6, 6.07) is 7.39. The second-order valence-corrected chi connectivity index (χ2v) is 14.3. The van der Waals surface area contributed by atoms with Crippen molar-refractivity contribution in [3.8, 4) is 17.2 Å². The number of hydrogen-bond acceptors (Lipinski definition) is 5. The van der Waals surface area contributed by atoms with Crippen LogP contribution in [0.25, 0.3) is 17.2 Å². The number of nitrogens with one attached hydrogen (secondary N) is 1. The third-order valence-corrected chi connectivity index (χ3v) is 11.6. The Bertz CT molecular complexity index is 1680. The van der Waals surface area contributed by atoms with Crippen LogP contribution in [0.5, 0.6) is 0 Å². The molecule has 0 bridgehead atoms. The molecule has 1 N–H and O–H groups in total. The second-order valence-electron chi connectivity index (χ2n) is 10.8. The third-order valence-electron chi connectivity index (χ3n) is 8.13. The Morgan fingerprint density at radius 1 is 0.975 bits per heavy atom. The number of anilines is 1. The fourth-order valence-electron chi connectivity index (χ4n) is 5.87. The number of imidazole rings is 1. The van der Waals surface area contributed by atoms with Crippen LogP contribution in [0.2, 0.25) is 0 Å². The van der Waals surface area contributed by atoms with Crippen LogP contribution in [-0.4, -0.2) is 56.8 Å². The van der Waals surface area contributed by atoms with Gasteiger partial charge in [-0.3, -0.25) is 9.13 Å². The van der Waals surface area contributed by atoms with Gasteiger partial charge in [0.1, 0.15) is 18.8 Å². The Kier molecular flexibility index (Phi) is 7.40. The van der Waals surface area contributed by atoms with Crippen LogP contribution in [-0.2, 0) is 17.5 Å². The molecule has 212 valence electrons. The van der Waals surface area contributed by atoms with E-state index in [2.05, 4.69) is 17.3 Å². The number of likely N-dealkylation sites (N-methyl/N-ethyl adjacent to an activating group) is 1. The number of rotatable bonds is 7. The predicted octanol–water partition coefficient (Wildman–Crippen LogP) is 4.94. The van der Waals surface area contributed by atoms with Crippen molar-refractivity contribution in [2.75, 3.05) is 38.3 Å². The number of aromatic nitrogens is 4. The van der Waals surface area contributed by atoms with Gasteiger partial charge in [-0.15, -0.1) is 0 Å². The summed E-state index contributed by atoms with van der Waals surface area (Å²) in [5.74, 6) is 0.430. The van der Waals surface area contributed by atoms with E-state index in [1.807, 2.05) is 40.0 Å². The molecule has 0 atom stereocenters. The molecule has 0 fully saturated rings. The largest absolute Gasteiger partial charge is 0.387 e. The minimum absolute atomic E-state index is 0.236. The van der Waals surface area contributed by atoms with Crippen LogP contribution in [0.4, 0.5) is 10.1 Å². The SMILES string of the molecule is CCP(=O)(CC)c1c(C)cc(-n2ccn(-c3c4c(nn3-c3cc(C)c(F)c(C)c3)CCN(C)C4)c2=O)cc1NC. The summed E-state index contributed by atoms with van der Waals surface area (Å²) in [6.07, 6.45) is 5.45. The van der Waals surface area contributed by atoms with E-state index in [0.717, 1.165) is 46.5 Å². The summed E-state index contributed by atoms with van der Waals surface area (Å²) in [5.41, 5.74) is 5.84. The van der Waals surface area contributed by atoms with E-state index >= 15 is 0 Å². The zero-order valence-electron chi connectivity index (χ0n) is 24.4. The fourth-order valence-corrected chi connectivity index (χ4v) is 8.27. The lowest BCUT2D eigenvalue weighted by Gasteiger charge is -2.22. The first kappa shape index (κ1) is 28.1. The van der Waals surface area contributed by atoms with Gasteiger partial charge in [-0.25, -0.2) is 13.9 Å². The Morgan fingerprint density at radius 3 is 2.23 bits per heavy atom. The molecule has 0 saturated heterocycles. The second kappa shape index (κ2) is 10.5. The molecule has 5 rings (SSSR count). The van der Waals surface area contributed by atoms with Crippen molar-refractivity contribution in [2.24, 2.45) is 0 Å². The molecule has 0 radical (unpaired) electrons. The normalized spacial score (nSPS) is 14.0. The highest BCUT2D eigenvalue weighted by Crippen LogP contribution is 2.47.